The number of rotatable bonds is 5. The molecule has 0 spiro atoms. The van der Waals surface area contributed by atoms with Gasteiger partial charge in [0.1, 0.15) is 5.75 Å². The van der Waals surface area contributed by atoms with E-state index in [4.69, 9.17) is 16.3 Å². The van der Waals surface area contributed by atoms with Crippen LogP contribution < -0.4 is 9.64 Å². The third-order valence-corrected chi connectivity index (χ3v) is 3.91. The van der Waals surface area contributed by atoms with E-state index in [1.165, 1.54) is 18.7 Å². The molecular weight excluding hydrogens is 260 g/mol. The van der Waals surface area contributed by atoms with Crippen LogP contribution in [-0.2, 0) is 0 Å². The molecular formula is C15H22ClN2O. The molecule has 0 aromatic heterocycles. The van der Waals surface area contributed by atoms with Crippen LogP contribution in [0.1, 0.15) is 12.8 Å². The highest BCUT2D eigenvalue weighted by Crippen LogP contribution is 2.29. The molecule has 1 aliphatic rings. The van der Waals surface area contributed by atoms with Crippen LogP contribution >= 0.6 is 11.6 Å². The lowest BCUT2D eigenvalue weighted by Gasteiger charge is -2.36. The molecule has 1 aliphatic heterocycles. The number of hydrogen-bond acceptors (Lipinski definition) is 3. The number of halogens is 1. The van der Waals surface area contributed by atoms with Gasteiger partial charge in [-0.05, 0) is 25.1 Å². The number of unbranched alkanes of at least 4 members (excludes halogenated alkanes) is 1. The van der Waals surface area contributed by atoms with Crippen LogP contribution in [0.15, 0.2) is 18.2 Å². The Labute approximate surface area is 121 Å². The first-order valence-corrected chi connectivity index (χ1v) is 7.22. The van der Waals surface area contributed by atoms with E-state index in [0.29, 0.717) is 5.02 Å². The fourth-order valence-electron chi connectivity index (χ4n) is 2.41. The second-order valence-corrected chi connectivity index (χ2v) is 5.26. The Kier molecular flexibility index (Phi) is 5.34. The maximum atomic E-state index is 6.06. The molecule has 1 fully saturated rings. The lowest BCUT2D eigenvalue weighted by atomic mass is 10.2. The molecule has 1 aromatic rings. The Hall–Kier alpha value is -0.930. The van der Waals surface area contributed by atoms with E-state index in [-0.39, 0.29) is 0 Å². The van der Waals surface area contributed by atoms with E-state index in [1.807, 2.05) is 12.1 Å². The number of anilines is 1. The van der Waals surface area contributed by atoms with Gasteiger partial charge >= 0.3 is 0 Å². The van der Waals surface area contributed by atoms with Gasteiger partial charge in [0.05, 0.1) is 12.1 Å². The number of nitrogens with zero attached hydrogens (tertiary/aromatic N) is 2. The quantitative estimate of drug-likeness (QED) is 0.825. The van der Waals surface area contributed by atoms with Crippen LogP contribution in [0.3, 0.4) is 0 Å². The molecule has 105 valence electrons. The lowest BCUT2D eigenvalue weighted by Crippen LogP contribution is -2.46. The summed E-state index contributed by atoms with van der Waals surface area (Å²) in [5.74, 6) is 0.749. The summed E-state index contributed by atoms with van der Waals surface area (Å²) in [6, 6.07) is 6.00. The molecule has 3 nitrogen and oxygen atoms in total. The van der Waals surface area contributed by atoms with Crippen molar-refractivity contribution in [2.45, 2.75) is 12.8 Å². The van der Waals surface area contributed by atoms with Crippen LogP contribution in [0.4, 0.5) is 5.69 Å². The zero-order chi connectivity index (χ0) is 13.7. The van der Waals surface area contributed by atoms with Gasteiger partial charge in [0.25, 0.3) is 0 Å². The number of methoxy groups -OCH3 is 1. The second kappa shape index (κ2) is 7.01. The van der Waals surface area contributed by atoms with E-state index in [0.717, 1.165) is 38.3 Å². The van der Waals surface area contributed by atoms with Crippen LogP contribution in [0, 0.1) is 6.92 Å². The van der Waals surface area contributed by atoms with Crippen LogP contribution in [0.2, 0.25) is 5.02 Å². The molecule has 19 heavy (non-hydrogen) atoms. The Bertz CT molecular complexity index is 403. The zero-order valence-corrected chi connectivity index (χ0v) is 12.3. The first kappa shape index (κ1) is 14.5. The highest BCUT2D eigenvalue weighted by molar-refractivity contribution is 6.32. The summed E-state index contributed by atoms with van der Waals surface area (Å²) in [6.07, 6.45) is 2.21. The Balaban J connectivity index is 1.94. The van der Waals surface area contributed by atoms with E-state index in [1.54, 1.807) is 7.11 Å². The molecule has 1 aromatic carbocycles. The standard InChI is InChI=1S/C15H22ClN2O/c1-3-4-7-17-8-10-18(11-9-17)13-5-6-14(16)15(12-13)19-2/h5-6,12H,1,3-4,7-11H2,2H3. The van der Waals surface area contributed by atoms with Gasteiger partial charge in [-0.15, -0.1) is 0 Å². The summed E-state index contributed by atoms with van der Waals surface area (Å²) in [5.41, 5.74) is 1.19. The summed E-state index contributed by atoms with van der Waals surface area (Å²) in [7, 11) is 1.65. The molecule has 0 saturated carbocycles. The minimum Gasteiger partial charge on any atom is -0.495 e. The van der Waals surface area contributed by atoms with Crippen molar-refractivity contribution in [1.29, 1.82) is 0 Å². The van der Waals surface area contributed by atoms with Crippen molar-refractivity contribution in [2.24, 2.45) is 0 Å². The maximum absolute atomic E-state index is 6.06. The van der Waals surface area contributed by atoms with Crippen LogP contribution in [0.5, 0.6) is 5.75 Å². The van der Waals surface area contributed by atoms with Gasteiger partial charge < -0.3 is 9.64 Å². The van der Waals surface area contributed by atoms with Crippen molar-refractivity contribution in [3.05, 3.63) is 30.1 Å². The van der Waals surface area contributed by atoms with Crippen molar-refractivity contribution in [3.8, 4) is 5.75 Å². The van der Waals surface area contributed by atoms with Gasteiger partial charge in [-0.25, -0.2) is 0 Å². The number of hydrogen-bond donors (Lipinski definition) is 0. The average Bonchev–Trinajstić information content (AvgIpc) is 2.46. The summed E-state index contributed by atoms with van der Waals surface area (Å²) >= 11 is 6.06. The topological polar surface area (TPSA) is 15.7 Å². The van der Waals surface area contributed by atoms with E-state index in [2.05, 4.69) is 22.8 Å². The van der Waals surface area contributed by atoms with Crippen molar-refractivity contribution >= 4 is 17.3 Å². The molecule has 2 rings (SSSR count). The fraction of sp³-hybridized carbons (Fsp3) is 0.533. The molecule has 0 amide bonds. The molecule has 1 heterocycles. The van der Waals surface area contributed by atoms with E-state index >= 15 is 0 Å². The molecule has 1 radical (unpaired) electrons. The highest BCUT2D eigenvalue weighted by Gasteiger charge is 2.17. The smallest absolute Gasteiger partial charge is 0.139 e. The Morgan fingerprint density at radius 3 is 2.63 bits per heavy atom. The molecule has 0 aliphatic carbocycles. The van der Waals surface area contributed by atoms with Crippen molar-refractivity contribution in [1.82, 2.24) is 4.90 Å². The summed E-state index contributed by atoms with van der Waals surface area (Å²) in [5, 5.41) is 0.667. The first-order valence-electron chi connectivity index (χ1n) is 6.84. The number of ether oxygens (including phenoxy) is 1. The summed E-state index contributed by atoms with van der Waals surface area (Å²) in [4.78, 5) is 4.90. The molecule has 4 heteroatoms. The third kappa shape index (κ3) is 3.77. The molecule has 0 bridgehead atoms. The summed E-state index contributed by atoms with van der Waals surface area (Å²) in [6.45, 7) is 9.41. The van der Waals surface area contributed by atoms with Crippen molar-refractivity contribution in [2.75, 3.05) is 44.7 Å². The minimum absolute atomic E-state index is 0.667. The van der Waals surface area contributed by atoms with Gasteiger partial charge in [-0.1, -0.05) is 24.9 Å². The monoisotopic (exact) mass is 281 g/mol. The van der Waals surface area contributed by atoms with Crippen molar-refractivity contribution < 1.29 is 4.74 Å². The van der Waals surface area contributed by atoms with Gasteiger partial charge in [0.15, 0.2) is 0 Å². The normalized spacial score (nSPS) is 16.7. The van der Waals surface area contributed by atoms with Gasteiger partial charge in [0.2, 0.25) is 0 Å². The maximum Gasteiger partial charge on any atom is 0.139 e. The van der Waals surface area contributed by atoms with E-state index < -0.39 is 0 Å². The average molecular weight is 282 g/mol. The zero-order valence-electron chi connectivity index (χ0n) is 11.6. The highest BCUT2D eigenvalue weighted by atomic mass is 35.5. The second-order valence-electron chi connectivity index (χ2n) is 4.85. The predicted molar refractivity (Wildman–Crippen MR) is 81.2 cm³/mol. The Morgan fingerprint density at radius 1 is 1.26 bits per heavy atom. The minimum atomic E-state index is 0.667. The molecule has 0 atom stereocenters. The third-order valence-electron chi connectivity index (χ3n) is 3.60. The fourth-order valence-corrected chi connectivity index (χ4v) is 2.60. The van der Waals surface area contributed by atoms with E-state index in [9.17, 15) is 0 Å². The van der Waals surface area contributed by atoms with Gasteiger partial charge in [-0.3, -0.25) is 4.90 Å². The van der Waals surface area contributed by atoms with Crippen LogP contribution in [-0.4, -0.2) is 44.7 Å². The largest absolute Gasteiger partial charge is 0.495 e. The molecule has 0 unspecified atom stereocenters. The van der Waals surface area contributed by atoms with Crippen molar-refractivity contribution in [3.63, 3.8) is 0 Å². The predicted octanol–water partition coefficient (Wildman–Crippen LogP) is 3.08. The Morgan fingerprint density at radius 2 is 2.00 bits per heavy atom. The first-order chi connectivity index (χ1) is 9.24. The molecule has 1 saturated heterocycles. The lowest BCUT2D eigenvalue weighted by molar-refractivity contribution is 0.255. The SMILES string of the molecule is [CH2]CCCN1CCN(c2ccc(Cl)c(OC)c2)CC1. The summed E-state index contributed by atoms with van der Waals surface area (Å²) < 4.78 is 5.27. The molecule has 0 N–H and O–H groups in total. The van der Waals surface area contributed by atoms with Crippen LogP contribution in [0.25, 0.3) is 0 Å². The van der Waals surface area contributed by atoms with Gasteiger partial charge in [-0.2, -0.15) is 0 Å². The number of benzene rings is 1. The number of piperazine rings is 1. The van der Waals surface area contributed by atoms with Gasteiger partial charge in [0, 0.05) is 37.9 Å².